The van der Waals surface area contributed by atoms with Crippen molar-refractivity contribution in [1.82, 2.24) is 4.90 Å². The summed E-state index contributed by atoms with van der Waals surface area (Å²) in [6.07, 6.45) is 3.34. The Morgan fingerprint density at radius 1 is 1.41 bits per heavy atom. The molecule has 1 atom stereocenters. The van der Waals surface area contributed by atoms with Crippen molar-refractivity contribution in [2.45, 2.75) is 38.6 Å². The highest BCUT2D eigenvalue weighted by atomic mass is 79.9. The quantitative estimate of drug-likeness (QED) is 0.784. The molecule has 1 unspecified atom stereocenters. The smallest absolute Gasteiger partial charge is 0.222 e. The van der Waals surface area contributed by atoms with Crippen molar-refractivity contribution in [3.63, 3.8) is 0 Å². The Morgan fingerprint density at radius 3 is 2.73 bits per heavy atom. The van der Waals surface area contributed by atoms with Gasteiger partial charge in [-0.1, -0.05) is 12.1 Å². The molecule has 1 saturated heterocycles. The molecule has 0 aromatic heterocycles. The molecule has 1 aromatic rings. The SMILES string of the molecule is CC(N)C1CCN(C(=O)CCCOc2ccccc2Br)CC1. The molecule has 0 saturated carbocycles. The second kappa shape index (κ2) is 8.53. The van der Waals surface area contributed by atoms with Gasteiger partial charge in [-0.2, -0.15) is 0 Å². The number of amides is 1. The Bertz CT molecular complexity index is 485. The van der Waals surface area contributed by atoms with E-state index in [1.807, 2.05) is 29.2 Å². The molecule has 1 aromatic carbocycles. The van der Waals surface area contributed by atoms with Gasteiger partial charge in [-0.25, -0.2) is 0 Å². The van der Waals surface area contributed by atoms with Crippen LogP contribution >= 0.6 is 15.9 Å². The zero-order valence-corrected chi connectivity index (χ0v) is 14.7. The highest BCUT2D eigenvalue weighted by Gasteiger charge is 2.24. The van der Waals surface area contributed by atoms with E-state index in [0.29, 0.717) is 18.9 Å². The van der Waals surface area contributed by atoms with Crippen LogP contribution in [0.15, 0.2) is 28.7 Å². The van der Waals surface area contributed by atoms with E-state index >= 15 is 0 Å². The van der Waals surface area contributed by atoms with Crippen LogP contribution in [0.5, 0.6) is 5.75 Å². The summed E-state index contributed by atoms with van der Waals surface area (Å²) in [5, 5.41) is 0. The number of carbonyl (C=O) groups excluding carboxylic acids is 1. The second-order valence-electron chi connectivity index (χ2n) is 5.96. The summed E-state index contributed by atoms with van der Waals surface area (Å²) in [5.41, 5.74) is 5.93. The Labute approximate surface area is 141 Å². The molecule has 1 aliphatic heterocycles. The predicted octanol–water partition coefficient (Wildman–Crippen LogP) is 3.19. The number of ether oxygens (including phenoxy) is 1. The zero-order chi connectivity index (χ0) is 15.9. The first-order valence-electron chi connectivity index (χ1n) is 7.98. The largest absolute Gasteiger partial charge is 0.492 e. The number of likely N-dealkylation sites (tertiary alicyclic amines) is 1. The molecule has 1 heterocycles. The van der Waals surface area contributed by atoms with Gasteiger partial charge in [0.15, 0.2) is 0 Å². The van der Waals surface area contributed by atoms with Crippen LogP contribution in [-0.2, 0) is 4.79 Å². The third-order valence-electron chi connectivity index (χ3n) is 4.27. The van der Waals surface area contributed by atoms with E-state index in [2.05, 4.69) is 22.9 Å². The number of para-hydroxylation sites is 1. The lowest BCUT2D eigenvalue weighted by atomic mass is 9.91. The number of hydrogen-bond acceptors (Lipinski definition) is 3. The molecule has 0 spiro atoms. The number of nitrogens with zero attached hydrogens (tertiary/aromatic N) is 1. The van der Waals surface area contributed by atoms with Crippen molar-refractivity contribution in [2.24, 2.45) is 11.7 Å². The Kier molecular flexibility index (Phi) is 6.70. The van der Waals surface area contributed by atoms with E-state index < -0.39 is 0 Å². The number of carbonyl (C=O) groups is 1. The first kappa shape index (κ1) is 17.3. The van der Waals surface area contributed by atoms with Crippen LogP contribution in [0.25, 0.3) is 0 Å². The van der Waals surface area contributed by atoms with Crippen molar-refractivity contribution >= 4 is 21.8 Å². The Hall–Kier alpha value is -1.07. The van der Waals surface area contributed by atoms with Gasteiger partial charge in [-0.05, 0) is 60.2 Å². The van der Waals surface area contributed by atoms with Gasteiger partial charge >= 0.3 is 0 Å². The van der Waals surface area contributed by atoms with Gasteiger partial charge in [0, 0.05) is 25.6 Å². The first-order valence-corrected chi connectivity index (χ1v) is 8.78. The van der Waals surface area contributed by atoms with Crippen LogP contribution in [0, 0.1) is 5.92 Å². The van der Waals surface area contributed by atoms with Gasteiger partial charge in [0.1, 0.15) is 5.75 Å². The predicted molar refractivity (Wildman–Crippen MR) is 91.8 cm³/mol. The molecule has 122 valence electrons. The average Bonchev–Trinajstić information content (AvgIpc) is 2.53. The summed E-state index contributed by atoms with van der Waals surface area (Å²) in [6, 6.07) is 7.99. The Morgan fingerprint density at radius 2 is 2.09 bits per heavy atom. The van der Waals surface area contributed by atoms with Crippen LogP contribution in [0.2, 0.25) is 0 Å². The molecule has 2 rings (SSSR count). The molecule has 0 aliphatic carbocycles. The normalized spacial score (nSPS) is 17.3. The van der Waals surface area contributed by atoms with E-state index in [0.717, 1.165) is 42.6 Å². The lowest BCUT2D eigenvalue weighted by Gasteiger charge is -2.33. The van der Waals surface area contributed by atoms with Gasteiger partial charge in [0.2, 0.25) is 5.91 Å². The molecule has 1 aliphatic rings. The maximum atomic E-state index is 12.2. The van der Waals surface area contributed by atoms with Crippen LogP contribution < -0.4 is 10.5 Å². The van der Waals surface area contributed by atoms with Crippen molar-refractivity contribution in [3.05, 3.63) is 28.7 Å². The van der Waals surface area contributed by atoms with E-state index in [4.69, 9.17) is 10.5 Å². The molecule has 1 fully saturated rings. The average molecular weight is 369 g/mol. The van der Waals surface area contributed by atoms with Gasteiger partial charge in [0.25, 0.3) is 0 Å². The highest BCUT2D eigenvalue weighted by molar-refractivity contribution is 9.10. The van der Waals surface area contributed by atoms with Crippen molar-refractivity contribution in [1.29, 1.82) is 0 Å². The van der Waals surface area contributed by atoms with Gasteiger partial charge in [-0.15, -0.1) is 0 Å². The number of rotatable bonds is 6. The monoisotopic (exact) mass is 368 g/mol. The molecule has 22 heavy (non-hydrogen) atoms. The topological polar surface area (TPSA) is 55.6 Å². The fourth-order valence-electron chi connectivity index (χ4n) is 2.80. The van der Waals surface area contributed by atoms with Gasteiger partial charge in [0.05, 0.1) is 11.1 Å². The van der Waals surface area contributed by atoms with Crippen molar-refractivity contribution in [2.75, 3.05) is 19.7 Å². The van der Waals surface area contributed by atoms with Crippen molar-refractivity contribution in [3.8, 4) is 5.75 Å². The fraction of sp³-hybridized carbons (Fsp3) is 0.588. The van der Waals surface area contributed by atoms with Crippen LogP contribution in [0.1, 0.15) is 32.6 Å². The van der Waals surface area contributed by atoms with E-state index in [-0.39, 0.29) is 11.9 Å². The van der Waals surface area contributed by atoms with Crippen LogP contribution in [0.4, 0.5) is 0 Å². The molecule has 0 radical (unpaired) electrons. The Balaban J connectivity index is 1.65. The minimum absolute atomic E-state index is 0.231. The van der Waals surface area contributed by atoms with E-state index in [9.17, 15) is 4.79 Å². The molecule has 2 N–H and O–H groups in total. The maximum Gasteiger partial charge on any atom is 0.222 e. The minimum atomic E-state index is 0.231. The number of benzene rings is 1. The van der Waals surface area contributed by atoms with Crippen molar-refractivity contribution < 1.29 is 9.53 Å². The molecular formula is C17H25BrN2O2. The summed E-state index contributed by atoms with van der Waals surface area (Å²) in [5.74, 6) is 1.62. The van der Waals surface area contributed by atoms with Gasteiger partial charge < -0.3 is 15.4 Å². The zero-order valence-electron chi connectivity index (χ0n) is 13.1. The number of halogens is 1. The third-order valence-corrected chi connectivity index (χ3v) is 4.92. The molecule has 4 nitrogen and oxygen atoms in total. The number of nitrogens with two attached hydrogens (primary N) is 1. The van der Waals surface area contributed by atoms with E-state index in [1.165, 1.54) is 0 Å². The number of hydrogen-bond donors (Lipinski definition) is 1. The molecule has 5 heteroatoms. The number of piperidine rings is 1. The summed E-state index contributed by atoms with van der Waals surface area (Å²) in [7, 11) is 0. The fourth-order valence-corrected chi connectivity index (χ4v) is 3.20. The summed E-state index contributed by atoms with van der Waals surface area (Å²) in [4.78, 5) is 14.2. The molecule has 0 bridgehead atoms. The van der Waals surface area contributed by atoms with Gasteiger partial charge in [-0.3, -0.25) is 4.79 Å². The lowest BCUT2D eigenvalue weighted by molar-refractivity contribution is -0.132. The second-order valence-corrected chi connectivity index (χ2v) is 6.81. The maximum absolute atomic E-state index is 12.2. The third kappa shape index (κ3) is 4.99. The molecule has 1 amide bonds. The summed E-state index contributed by atoms with van der Waals surface area (Å²) >= 11 is 3.45. The first-order chi connectivity index (χ1) is 10.6. The highest BCUT2D eigenvalue weighted by Crippen LogP contribution is 2.24. The standard InChI is InChI=1S/C17H25BrN2O2/c1-13(19)14-8-10-20(11-9-14)17(21)7-4-12-22-16-6-3-2-5-15(16)18/h2-3,5-6,13-14H,4,7-12,19H2,1H3. The van der Waals surface area contributed by atoms with E-state index in [1.54, 1.807) is 0 Å². The summed E-state index contributed by atoms with van der Waals surface area (Å²) < 4.78 is 6.63. The summed E-state index contributed by atoms with van der Waals surface area (Å²) in [6.45, 7) is 4.30. The minimum Gasteiger partial charge on any atom is -0.492 e. The van der Waals surface area contributed by atoms with Crippen LogP contribution in [-0.4, -0.2) is 36.5 Å². The lowest BCUT2D eigenvalue weighted by Crippen LogP contribution is -2.42. The molecular weight excluding hydrogens is 344 g/mol. The van der Waals surface area contributed by atoms with Crippen LogP contribution in [0.3, 0.4) is 0 Å².